The molecule has 0 aliphatic rings. The molecule has 0 aliphatic carbocycles. The molecule has 2 aromatic rings. The zero-order chi connectivity index (χ0) is 12.3. The van der Waals surface area contributed by atoms with Crippen LogP contribution in [-0.2, 0) is 6.54 Å². The fraction of sp³-hybridized carbons (Fsp3) is 0.0833. The van der Waals surface area contributed by atoms with Crippen molar-refractivity contribution in [2.45, 2.75) is 6.54 Å². The van der Waals surface area contributed by atoms with E-state index in [1.165, 1.54) is 12.1 Å². The molecule has 1 aromatic carbocycles. The molecular weight excluding hydrogens is 223 g/mol. The van der Waals surface area contributed by atoms with Crippen LogP contribution in [0.5, 0.6) is 0 Å². The Morgan fingerprint density at radius 2 is 1.94 bits per heavy atom. The molecule has 0 unspecified atom stereocenters. The maximum atomic E-state index is 12.9. The molecule has 0 spiro atoms. The summed E-state index contributed by atoms with van der Waals surface area (Å²) in [5.74, 6) is -0.599. The lowest BCUT2D eigenvalue weighted by Gasteiger charge is -2.00. The Bertz CT molecular complexity index is 543. The Hall–Kier alpha value is -2.30. The monoisotopic (exact) mass is 233 g/mol. The first-order valence-electron chi connectivity index (χ1n) is 5.04. The van der Waals surface area contributed by atoms with E-state index < -0.39 is 10.7 Å². The van der Waals surface area contributed by atoms with Crippen molar-refractivity contribution in [2.24, 2.45) is 0 Å². The summed E-state index contributed by atoms with van der Waals surface area (Å²) in [5.41, 5.74) is 0.286. The average molecular weight is 233 g/mol. The smallest absolute Gasteiger partial charge is 0.258 e. The van der Waals surface area contributed by atoms with Crippen molar-refractivity contribution >= 4 is 5.69 Å². The zero-order valence-corrected chi connectivity index (χ0v) is 8.91. The molecule has 86 valence electrons. The van der Waals surface area contributed by atoms with E-state index >= 15 is 0 Å². The van der Waals surface area contributed by atoms with E-state index in [4.69, 9.17) is 0 Å². The van der Waals surface area contributed by atoms with Crippen LogP contribution >= 0.6 is 0 Å². The topological polar surface area (TPSA) is 47.0 Å². The van der Waals surface area contributed by atoms with Gasteiger partial charge in [-0.1, -0.05) is 6.07 Å². The van der Waals surface area contributed by atoms with Gasteiger partial charge >= 0.3 is 0 Å². The Labute approximate surface area is 97.1 Å². The first kappa shape index (κ1) is 11.2. The molecule has 0 amide bonds. The van der Waals surface area contributed by atoms with Gasteiger partial charge in [0.25, 0.3) is 5.69 Å². The van der Waals surface area contributed by atoms with Crippen LogP contribution in [0.15, 0.2) is 48.8 Å². The van der Waals surface area contributed by atoms with Crippen molar-refractivity contribution in [1.82, 2.24) is 0 Å². The van der Waals surface area contributed by atoms with Gasteiger partial charge in [-0.05, 0) is 12.1 Å². The van der Waals surface area contributed by atoms with E-state index in [1.54, 1.807) is 17.0 Å². The summed E-state index contributed by atoms with van der Waals surface area (Å²) in [7, 11) is 0. The fourth-order valence-corrected chi connectivity index (χ4v) is 1.58. The van der Waals surface area contributed by atoms with Gasteiger partial charge in [0, 0.05) is 12.1 Å². The van der Waals surface area contributed by atoms with Gasteiger partial charge in [-0.25, -0.2) is 8.96 Å². The van der Waals surface area contributed by atoms with E-state index in [2.05, 4.69) is 0 Å². The molecule has 2 rings (SSSR count). The summed E-state index contributed by atoms with van der Waals surface area (Å²) in [4.78, 5) is 10.2. The highest BCUT2D eigenvalue weighted by Gasteiger charge is 2.17. The predicted molar refractivity (Wildman–Crippen MR) is 58.8 cm³/mol. The van der Waals surface area contributed by atoms with Gasteiger partial charge in [0.15, 0.2) is 18.9 Å². The van der Waals surface area contributed by atoms with Crippen LogP contribution in [0.1, 0.15) is 5.56 Å². The van der Waals surface area contributed by atoms with Gasteiger partial charge in [0.1, 0.15) is 5.82 Å². The third-order valence-corrected chi connectivity index (χ3v) is 2.37. The summed E-state index contributed by atoms with van der Waals surface area (Å²) in [6, 6.07) is 9.12. The lowest BCUT2D eigenvalue weighted by molar-refractivity contribution is -0.688. The molecule has 0 atom stereocenters. The highest BCUT2D eigenvalue weighted by molar-refractivity contribution is 5.39. The molecule has 1 aromatic heterocycles. The van der Waals surface area contributed by atoms with Gasteiger partial charge in [-0.15, -0.1) is 0 Å². The van der Waals surface area contributed by atoms with Crippen LogP contribution < -0.4 is 4.57 Å². The van der Waals surface area contributed by atoms with Crippen molar-refractivity contribution < 1.29 is 13.9 Å². The second-order valence-electron chi connectivity index (χ2n) is 3.58. The summed E-state index contributed by atoms with van der Waals surface area (Å²) in [6.07, 6.45) is 3.60. The average Bonchev–Trinajstić information content (AvgIpc) is 2.32. The summed E-state index contributed by atoms with van der Waals surface area (Å²) in [6.45, 7) is 0.345. The highest BCUT2D eigenvalue weighted by atomic mass is 19.1. The van der Waals surface area contributed by atoms with E-state index in [0.29, 0.717) is 12.1 Å². The number of aromatic nitrogens is 1. The standard InChI is InChI=1S/C12H10FN2O2/c13-11-5-4-10(12(8-11)15(16)17)9-14-6-2-1-3-7-14/h1-8H,9H2/q+1. The number of benzene rings is 1. The highest BCUT2D eigenvalue weighted by Crippen LogP contribution is 2.19. The number of hydrogen-bond donors (Lipinski definition) is 0. The minimum absolute atomic E-state index is 0.193. The third-order valence-electron chi connectivity index (χ3n) is 2.37. The lowest BCUT2D eigenvalue weighted by Crippen LogP contribution is -2.33. The molecule has 1 heterocycles. The number of rotatable bonds is 3. The number of hydrogen-bond acceptors (Lipinski definition) is 2. The number of nitrogens with zero attached hydrogens (tertiary/aromatic N) is 2. The molecule has 0 bridgehead atoms. The van der Waals surface area contributed by atoms with Gasteiger partial charge in [0.2, 0.25) is 0 Å². The predicted octanol–water partition coefficient (Wildman–Crippen LogP) is 2.07. The van der Waals surface area contributed by atoms with Crippen LogP contribution in [0.3, 0.4) is 0 Å². The normalized spacial score (nSPS) is 10.2. The van der Waals surface area contributed by atoms with E-state index in [1.807, 2.05) is 18.2 Å². The molecular formula is C12H10FN2O2+. The third kappa shape index (κ3) is 2.63. The van der Waals surface area contributed by atoms with Gasteiger partial charge < -0.3 is 0 Å². The minimum atomic E-state index is -0.599. The summed E-state index contributed by atoms with van der Waals surface area (Å²) < 4.78 is 14.7. The van der Waals surface area contributed by atoms with E-state index in [9.17, 15) is 14.5 Å². The molecule has 0 fully saturated rings. The second-order valence-corrected chi connectivity index (χ2v) is 3.58. The maximum absolute atomic E-state index is 12.9. The summed E-state index contributed by atoms with van der Waals surface area (Å²) >= 11 is 0. The number of halogens is 1. The first-order chi connectivity index (χ1) is 8.16. The molecule has 0 N–H and O–H groups in total. The molecule has 0 aliphatic heterocycles. The Morgan fingerprint density at radius 1 is 1.24 bits per heavy atom. The second kappa shape index (κ2) is 4.69. The van der Waals surface area contributed by atoms with Crippen molar-refractivity contribution in [3.05, 3.63) is 70.3 Å². The Kier molecular flexibility index (Phi) is 3.09. The van der Waals surface area contributed by atoms with Gasteiger partial charge in [-0.3, -0.25) is 10.1 Å². The Morgan fingerprint density at radius 3 is 2.59 bits per heavy atom. The minimum Gasteiger partial charge on any atom is -0.258 e. The number of nitro benzene ring substituents is 1. The molecule has 4 nitrogen and oxygen atoms in total. The van der Waals surface area contributed by atoms with Crippen molar-refractivity contribution in [3.8, 4) is 0 Å². The van der Waals surface area contributed by atoms with E-state index in [0.717, 1.165) is 6.07 Å². The molecule has 0 radical (unpaired) electrons. The summed E-state index contributed by atoms with van der Waals surface area (Å²) in [5, 5.41) is 10.8. The van der Waals surface area contributed by atoms with Crippen molar-refractivity contribution in [1.29, 1.82) is 0 Å². The van der Waals surface area contributed by atoms with E-state index in [-0.39, 0.29) is 5.69 Å². The molecule has 0 saturated heterocycles. The molecule has 17 heavy (non-hydrogen) atoms. The van der Waals surface area contributed by atoms with Gasteiger partial charge in [-0.2, -0.15) is 0 Å². The van der Waals surface area contributed by atoms with Crippen LogP contribution in [0.4, 0.5) is 10.1 Å². The zero-order valence-electron chi connectivity index (χ0n) is 8.91. The number of pyridine rings is 1. The molecule has 0 saturated carbocycles. The lowest BCUT2D eigenvalue weighted by atomic mass is 10.1. The Balaban J connectivity index is 2.36. The SMILES string of the molecule is O=[N+]([O-])c1cc(F)ccc1C[n+]1ccccc1. The fourth-order valence-electron chi connectivity index (χ4n) is 1.58. The first-order valence-corrected chi connectivity index (χ1v) is 5.04. The van der Waals surface area contributed by atoms with Crippen LogP contribution in [0, 0.1) is 15.9 Å². The van der Waals surface area contributed by atoms with Gasteiger partial charge in [0.05, 0.1) is 16.6 Å². The van der Waals surface area contributed by atoms with Crippen LogP contribution in [0.25, 0.3) is 0 Å². The van der Waals surface area contributed by atoms with Crippen LogP contribution in [-0.4, -0.2) is 4.92 Å². The molecule has 5 heteroatoms. The van der Waals surface area contributed by atoms with Crippen molar-refractivity contribution in [3.63, 3.8) is 0 Å². The van der Waals surface area contributed by atoms with Crippen LogP contribution in [0.2, 0.25) is 0 Å². The number of nitro groups is 1. The maximum Gasteiger partial charge on any atom is 0.281 e. The largest absolute Gasteiger partial charge is 0.281 e. The van der Waals surface area contributed by atoms with Crippen molar-refractivity contribution in [2.75, 3.05) is 0 Å². The quantitative estimate of drug-likeness (QED) is 0.463.